The van der Waals surface area contributed by atoms with E-state index in [0.29, 0.717) is 18.3 Å². The molecule has 0 unspecified atom stereocenters. The summed E-state index contributed by atoms with van der Waals surface area (Å²) in [5, 5.41) is 8.47. The van der Waals surface area contributed by atoms with Crippen molar-refractivity contribution in [3.63, 3.8) is 0 Å². The number of hydrogen-bond donors (Lipinski definition) is 1. The van der Waals surface area contributed by atoms with Crippen LogP contribution in [0.3, 0.4) is 0 Å². The average Bonchev–Trinajstić information content (AvgIpc) is 3.62. The van der Waals surface area contributed by atoms with E-state index in [9.17, 15) is 0 Å². The molecule has 7 rings (SSSR count). The lowest BCUT2D eigenvalue weighted by Crippen LogP contribution is -2.46. The van der Waals surface area contributed by atoms with Crippen molar-refractivity contribution < 1.29 is 9.15 Å². The second kappa shape index (κ2) is 9.33. The number of rotatable bonds is 5. The van der Waals surface area contributed by atoms with Gasteiger partial charge in [-0.1, -0.05) is 42.5 Å². The number of ether oxygens (including phenoxy) is 1. The monoisotopic (exact) mass is 514 g/mol. The first-order valence-electron chi connectivity index (χ1n) is 13.0. The standard InChI is InChI=1S/C31H26N6O2/c1-3-38-25-17-10-8-15-23(25)33-29-31-34-30-27(20(2)35-37(30)21-12-5-4-6-13-21)28(26-18-11-19-39-26)36(31)24-16-9-7-14-22(24)32-29/h4-19,28H,3H2,1-2H3,(H,32,33)/t28-/m1/s1. The molecule has 3 aromatic carbocycles. The second-order valence-electron chi connectivity index (χ2n) is 9.30. The number of benzene rings is 3. The van der Waals surface area contributed by atoms with Crippen molar-refractivity contribution in [3.8, 4) is 11.4 Å². The van der Waals surface area contributed by atoms with E-state index in [1.54, 1.807) is 6.26 Å². The van der Waals surface area contributed by atoms with Crippen molar-refractivity contribution in [1.29, 1.82) is 0 Å². The Morgan fingerprint density at radius 3 is 2.51 bits per heavy atom. The van der Waals surface area contributed by atoms with Crippen LogP contribution >= 0.6 is 0 Å². The summed E-state index contributed by atoms with van der Waals surface area (Å²) in [6.07, 6.45) is 1.71. The number of furan rings is 1. The maximum absolute atomic E-state index is 6.05. The van der Waals surface area contributed by atoms with E-state index in [0.717, 1.165) is 51.3 Å². The fourth-order valence-electron chi connectivity index (χ4n) is 5.24. The summed E-state index contributed by atoms with van der Waals surface area (Å²) in [6.45, 7) is 4.55. The summed E-state index contributed by atoms with van der Waals surface area (Å²) in [5.41, 5.74) is 5.40. The van der Waals surface area contributed by atoms with Gasteiger partial charge in [-0.15, -0.1) is 0 Å². The number of nitrogens with one attached hydrogen (secondary N) is 1. The topological polar surface area (TPSA) is 80.2 Å². The minimum atomic E-state index is -0.296. The molecule has 8 heteroatoms. The second-order valence-corrected chi connectivity index (χ2v) is 9.30. The summed E-state index contributed by atoms with van der Waals surface area (Å²) in [7, 11) is 0. The Bertz CT molecular complexity index is 1720. The number of anilines is 2. The van der Waals surface area contributed by atoms with Crippen molar-refractivity contribution in [3.05, 3.63) is 114 Å². The van der Waals surface area contributed by atoms with Gasteiger partial charge < -0.3 is 19.4 Å². The smallest absolute Gasteiger partial charge is 0.179 e. The number of para-hydroxylation sites is 5. The molecule has 8 nitrogen and oxygen atoms in total. The van der Waals surface area contributed by atoms with Gasteiger partial charge in [0.2, 0.25) is 0 Å². The van der Waals surface area contributed by atoms with Crippen LogP contribution in [0.4, 0.5) is 22.9 Å². The Hall–Kier alpha value is -5.11. The largest absolute Gasteiger partial charge is 0.492 e. The third-order valence-electron chi connectivity index (χ3n) is 6.89. The van der Waals surface area contributed by atoms with Crippen LogP contribution in [0.15, 0.2) is 112 Å². The highest BCUT2D eigenvalue weighted by molar-refractivity contribution is 6.51. The SMILES string of the molecule is CCOc1ccccc1NC1=Nc2ccccc2N2C1=Nc1c(c(C)nn1-c1ccccc1)[C@H]2c1ccco1. The predicted molar refractivity (Wildman–Crippen MR) is 153 cm³/mol. The molecule has 5 aromatic rings. The lowest BCUT2D eigenvalue weighted by atomic mass is 9.98. The third-order valence-corrected chi connectivity index (χ3v) is 6.89. The Kier molecular flexibility index (Phi) is 5.51. The number of aryl methyl sites for hydroxylation is 1. The van der Waals surface area contributed by atoms with Crippen LogP contribution in [0.2, 0.25) is 0 Å². The molecule has 0 saturated heterocycles. The fraction of sp³-hybridized carbons (Fsp3) is 0.129. The highest BCUT2D eigenvalue weighted by Gasteiger charge is 2.42. The molecule has 0 spiro atoms. The number of amidine groups is 2. The van der Waals surface area contributed by atoms with E-state index in [-0.39, 0.29) is 6.04 Å². The van der Waals surface area contributed by atoms with Gasteiger partial charge in [-0.3, -0.25) is 0 Å². The minimum absolute atomic E-state index is 0.296. The minimum Gasteiger partial charge on any atom is -0.492 e. The van der Waals surface area contributed by atoms with Crippen LogP contribution in [0.1, 0.15) is 30.0 Å². The summed E-state index contributed by atoms with van der Waals surface area (Å²) < 4.78 is 13.9. The lowest BCUT2D eigenvalue weighted by molar-refractivity contribution is 0.342. The first kappa shape index (κ1) is 23.0. The zero-order valence-corrected chi connectivity index (χ0v) is 21.6. The molecule has 2 aliphatic rings. The molecule has 39 heavy (non-hydrogen) atoms. The molecule has 0 bridgehead atoms. The van der Waals surface area contributed by atoms with Gasteiger partial charge in [0.05, 0.1) is 46.9 Å². The first-order chi connectivity index (χ1) is 19.2. The van der Waals surface area contributed by atoms with Crippen molar-refractivity contribution >= 4 is 34.6 Å². The van der Waals surface area contributed by atoms with Gasteiger partial charge in [-0.2, -0.15) is 5.10 Å². The molecular weight excluding hydrogens is 488 g/mol. The Morgan fingerprint density at radius 1 is 0.897 bits per heavy atom. The molecule has 4 heterocycles. The third kappa shape index (κ3) is 3.80. The number of fused-ring (bicyclic) bond motifs is 4. The molecule has 1 atom stereocenters. The molecule has 192 valence electrons. The lowest BCUT2D eigenvalue weighted by Gasteiger charge is -2.39. The Morgan fingerprint density at radius 2 is 1.69 bits per heavy atom. The quantitative estimate of drug-likeness (QED) is 0.274. The molecule has 0 aliphatic carbocycles. The van der Waals surface area contributed by atoms with Gasteiger partial charge in [0, 0.05) is 0 Å². The van der Waals surface area contributed by atoms with E-state index in [1.807, 2.05) is 103 Å². The number of hydrogen-bond acceptors (Lipinski definition) is 7. The van der Waals surface area contributed by atoms with E-state index in [4.69, 9.17) is 24.2 Å². The van der Waals surface area contributed by atoms with E-state index in [2.05, 4.69) is 16.3 Å². The summed E-state index contributed by atoms with van der Waals surface area (Å²) in [6, 6.07) is 29.6. The maximum Gasteiger partial charge on any atom is 0.179 e. The van der Waals surface area contributed by atoms with Gasteiger partial charge in [0.1, 0.15) is 17.6 Å². The van der Waals surface area contributed by atoms with Gasteiger partial charge in [-0.05, 0) is 62.4 Å². The van der Waals surface area contributed by atoms with Gasteiger partial charge in [0.15, 0.2) is 17.5 Å². The van der Waals surface area contributed by atoms with Gasteiger partial charge in [-0.25, -0.2) is 14.7 Å². The van der Waals surface area contributed by atoms with Crippen LogP contribution in [0, 0.1) is 6.92 Å². The zero-order chi connectivity index (χ0) is 26.3. The normalized spacial score (nSPS) is 15.5. The van der Waals surface area contributed by atoms with Crippen molar-refractivity contribution in [1.82, 2.24) is 9.78 Å². The molecule has 2 aliphatic heterocycles. The van der Waals surface area contributed by atoms with Crippen LogP contribution in [-0.4, -0.2) is 28.1 Å². The first-order valence-corrected chi connectivity index (χ1v) is 13.0. The van der Waals surface area contributed by atoms with E-state index < -0.39 is 0 Å². The summed E-state index contributed by atoms with van der Waals surface area (Å²) in [5.74, 6) is 3.58. The zero-order valence-electron chi connectivity index (χ0n) is 21.6. The highest BCUT2D eigenvalue weighted by atomic mass is 16.5. The fourth-order valence-corrected chi connectivity index (χ4v) is 5.24. The summed E-state index contributed by atoms with van der Waals surface area (Å²) >= 11 is 0. The molecule has 0 amide bonds. The van der Waals surface area contributed by atoms with Gasteiger partial charge >= 0.3 is 0 Å². The van der Waals surface area contributed by atoms with Crippen LogP contribution in [0.5, 0.6) is 5.75 Å². The van der Waals surface area contributed by atoms with E-state index in [1.165, 1.54) is 0 Å². The van der Waals surface area contributed by atoms with E-state index >= 15 is 0 Å². The summed E-state index contributed by atoms with van der Waals surface area (Å²) in [4.78, 5) is 12.5. The maximum atomic E-state index is 6.05. The van der Waals surface area contributed by atoms with Crippen LogP contribution < -0.4 is 15.0 Å². The average molecular weight is 515 g/mol. The molecule has 1 N–H and O–H groups in total. The number of aliphatic imine (C=N–C) groups is 2. The Labute approximate surface area is 225 Å². The molecular formula is C31H26N6O2. The molecule has 2 aromatic heterocycles. The highest BCUT2D eigenvalue weighted by Crippen LogP contribution is 2.48. The predicted octanol–water partition coefficient (Wildman–Crippen LogP) is 6.97. The van der Waals surface area contributed by atoms with Crippen molar-refractivity contribution in [2.24, 2.45) is 9.98 Å². The van der Waals surface area contributed by atoms with Crippen molar-refractivity contribution in [2.45, 2.75) is 19.9 Å². The van der Waals surface area contributed by atoms with Crippen LogP contribution in [-0.2, 0) is 0 Å². The number of nitrogens with zero attached hydrogens (tertiary/aromatic N) is 5. The molecule has 0 fully saturated rings. The van der Waals surface area contributed by atoms with Crippen molar-refractivity contribution in [2.75, 3.05) is 16.8 Å². The molecule has 0 saturated carbocycles. The number of aromatic nitrogens is 2. The van der Waals surface area contributed by atoms with Gasteiger partial charge in [0.25, 0.3) is 0 Å². The Balaban J connectivity index is 1.47. The molecule has 0 radical (unpaired) electrons. The van der Waals surface area contributed by atoms with Crippen LogP contribution in [0.25, 0.3) is 5.69 Å².